The van der Waals surface area contributed by atoms with Crippen LogP contribution in [0.5, 0.6) is 23.0 Å². The molecule has 0 amide bonds. The summed E-state index contributed by atoms with van der Waals surface area (Å²) in [7, 11) is 0. The minimum atomic E-state index is -1.13. The van der Waals surface area contributed by atoms with Crippen molar-refractivity contribution in [2.24, 2.45) is 0 Å². The average molecular weight is 662 g/mol. The second-order valence-corrected chi connectivity index (χ2v) is 10.7. The smallest absolute Gasteiger partial charge is 0.545 e. The van der Waals surface area contributed by atoms with Gasteiger partial charge in [0.15, 0.2) is 0 Å². The number of carboxylic acids is 2. The Morgan fingerprint density at radius 1 is 0.585 bits per heavy atom. The van der Waals surface area contributed by atoms with Gasteiger partial charge in [0.05, 0.1) is 11.9 Å². The molecule has 4 aromatic carbocycles. The molecule has 0 saturated carbocycles. The van der Waals surface area contributed by atoms with E-state index in [2.05, 4.69) is 0 Å². The summed E-state index contributed by atoms with van der Waals surface area (Å²) < 4.78 is 11.6. The number of benzene rings is 4. The van der Waals surface area contributed by atoms with Gasteiger partial charge in [0, 0.05) is 35.1 Å². The third-order valence-electron chi connectivity index (χ3n) is 7.38. The number of carbonyl (C=O) groups is 2. The molecule has 2 heterocycles. The van der Waals surface area contributed by atoms with Crippen LogP contribution < -0.4 is 19.7 Å². The number of fused-ring (bicyclic) bond motifs is 4. The molecule has 0 N–H and O–H groups in total. The minimum Gasteiger partial charge on any atom is -0.545 e. The van der Waals surface area contributed by atoms with Gasteiger partial charge in [0.25, 0.3) is 0 Å². The first-order valence-electron chi connectivity index (χ1n) is 13.4. The van der Waals surface area contributed by atoms with Crippen molar-refractivity contribution in [3.8, 4) is 23.0 Å². The second kappa shape index (κ2) is 12.4. The molecular weight excluding hydrogens is 632 g/mol. The molecule has 4 aromatic rings. The van der Waals surface area contributed by atoms with Crippen molar-refractivity contribution in [1.82, 2.24) is 0 Å². The third kappa shape index (κ3) is 5.98. The van der Waals surface area contributed by atoms with Crippen LogP contribution in [0.25, 0.3) is 0 Å². The quantitative estimate of drug-likeness (QED) is 0.236. The number of hydrogen-bond acceptors (Lipinski definition) is 6. The van der Waals surface area contributed by atoms with Crippen molar-refractivity contribution in [2.75, 3.05) is 0 Å². The number of carbonyl (C=O) groups excluding carboxylic acids is 2. The molecule has 0 aromatic heterocycles. The fraction of sp³-hybridized carbons (Fsp3) is 0.235. The normalized spacial score (nSPS) is 12.2. The first-order chi connectivity index (χ1) is 19.2. The predicted octanol–water partition coefficient (Wildman–Crippen LogP) is 5.36. The van der Waals surface area contributed by atoms with Crippen LogP contribution >= 0.6 is 0 Å². The summed E-state index contributed by atoms with van der Waals surface area (Å²) >= 11 is 0. The van der Waals surface area contributed by atoms with Crippen LogP contribution in [-0.2, 0) is 12.8 Å². The van der Waals surface area contributed by atoms with E-state index in [1.54, 1.807) is 0 Å². The third-order valence-corrected chi connectivity index (χ3v) is 7.38. The van der Waals surface area contributed by atoms with Gasteiger partial charge in [-0.1, -0.05) is 76.2 Å². The Kier molecular flexibility index (Phi) is 9.11. The molecule has 0 saturated heterocycles. The Morgan fingerprint density at radius 2 is 0.951 bits per heavy atom. The largest absolute Gasteiger partial charge is 2.00 e. The molecular formula is C34H30O6Te. The van der Waals surface area contributed by atoms with Gasteiger partial charge in [-0.2, -0.15) is 0 Å². The Labute approximate surface area is 256 Å². The predicted molar refractivity (Wildman–Crippen MR) is 154 cm³/mol. The molecule has 0 fully saturated rings. The van der Waals surface area contributed by atoms with Gasteiger partial charge in [0.1, 0.15) is 23.0 Å². The van der Waals surface area contributed by atoms with Crippen molar-refractivity contribution >= 4 is 35.6 Å². The summed E-state index contributed by atoms with van der Waals surface area (Å²) in [6.07, 6.45) is 1.13. The van der Waals surface area contributed by atoms with Gasteiger partial charge in [-0.3, -0.25) is 0 Å². The minimum absolute atomic E-state index is 0. The van der Waals surface area contributed by atoms with E-state index in [9.17, 15) is 19.8 Å². The second-order valence-electron chi connectivity index (χ2n) is 10.7. The summed E-state index contributed by atoms with van der Waals surface area (Å²) in [6, 6.07) is 22.7. The zero-order valence-corrected chi connectivity index (χ0v) is 25.7. The molecule has 41 heavy (non-hydrogen) atoms. The fourth-order valence-corrected chi connectivity index (χ4v) is 5.40. The van der Waals surface area contributed by atoms with Gasteiger partial charge in [-0.15, -0.1) is 0 Å². The van der Waals surface area contributed by atoms with Crippen molar-refractivity contribution in [1.29, 1.82) is 0 Å². The monoisotopic (exact) mass is 664 g/mol. The maximum atomic E-state index is 11.5. The van der Waals surface area contributed by atoms with Gasteiger partial charge in [0.2, 0.25) is 0 Å². The molecule has 0 aliphatic carbocycles. The number of aromatic carboxylic acids is 2. The summed E-state index contributed by atoms with van der Waals surface area (Å²) in [5.41, 5.74) is 5.61. The van der Waals surface area contributed by atoms with Gasteiger partial charge < -0.3 is 29.3 Å². The number of para-hydroxylation sites is 2. The van der Waals surface area contributed by atoms with Gasteiger partial charge in [-0.05, 0) is 58.4 Å². The van der Waals surface area contributed by atoms with Crippen LogP contribution in [0.4, 0.5) is 0 Å². The Hall–Kier alpha value is -3.79. The standard InChI is InChI=1S/2C17H16O3.Te/c2*1-10(2)12-7-8-15-13(16(12)17(18)19)9-11-5-3-4-6-14(11)20-15;/h2*3-8,10H,9H2,1-2H3,(H,18,19);/q;;+2/p-2. The van der Waals surface area contributed by atoms with E-state index >= 15 is 0 Å². The van der Waals surface area contributed by atoms with E-state index in [0.29, 0.717) is 24.3 Å². The zero-order chi connectivity index (χ0) is 28.6. The Morgan fingerprint density at radius 3 is 1.29 bits per heavy atom. The molecule has 2 aliphatic heterocycles. The van der Waals surface area contributed by atoms with Crippen LogP contribution in [0.2, 0.25) is 0 Å². The molecule has 0 atom stereocenters. The SMILES string of the molecule is CC(C)c1ccc2c(c1C(=O)[O-])Cc1ccccc1O2.CC(C)c1ccc2c(c1C(=O)[O-])Cc1ccccc1O2.[Te+2]. The van der Waals surface area contributed by atoms with Crippen LogP contribution in [0.3, 0.4) is 0 Å². The molecule has 6 nitrogen and oxygen atoms in total. The molecule has 0 bridgehead atoms. The molecule has 6 rings (SSSR count). The number of hydrogen-bond donors (Lipinski definition) is 0. The molecule has 7 heteroatoms. The van der Waals surface area contributed by atoms with E-state index < -0.39 is 11.9 Å². The molecule has 0 spiro atoms. The van der Waals surface area contributed by atoms with Crippen molar-refractivity contribution in [2.45, 2.75) is 52.4 Å². The first kappa shape index (κ1) is 30.2. The molecule has 2 aliphatic rings. The van der Waals surface area contributed by atoms with Crippen LogP contribution in [0.15, 0.2) is 72.8 Å². The maximum absolute atomic E-state index is 11.5. The van der Waals surface area contributed by atoms with Gasteiger partial charge >= 0.3 is 23.7 Å². The maximum Gasteiger partial charge on any atom is 2.00 e. The van der Waals surface area contributed by atoms with Crippen molar-refractivity contribution in [3.63, 3.8) is 0 Å². The average Bonchev–Trinajstić information content (AvgIpc) is 2.93. The van der Waals surface area contributed by atoms with Crippen LogP contribution in [0, 0.1) is 0 Å². The van der Waals surface area contributed by atoms with Crippen molar-refractivity contribution < 1.29 is 29.3 Å². The van der Waals surface area contributed by atoms with E-state index in [4.69, 9.17) is 9.47 Å². The number of rotatable bonds is 4. The van der Waals surface area contributed by atoms with E-state index in [0.717, 1.165) is 44.9 Å². The number of carboxylic acid groups (broad SMARTS) is 2. The fourth-order valence-electron chi connectivity index (χ4n) is 5.40. The molecule has 0 unspecified atom stereocenters. The summed E-state index contributed by atoms with van der Waals surface area (Å²) in [4.78, 5) is 23.1. The van der Waals surface area contributed by atoms with E-state index in [-0.39, 0.29) is 46.6 Å². The Balaban J connectivity index is 0.000000184. The van der Waals surface area contributed by atoms with Gasteiger partial charge in [-0.25, -0.2) is 0 Å². The molecule has 208 valence electrons. The van der Waals surface area contributed by atoms with E-state index in [1.165, 1.54) is 0 Å². The topological polar surface area (TPSA) is 98.7 Å². The number of ether oxygens (including phenoxy) is 2. The molecule has 4 radical (unpaired) electrons. The first-order valence-corrected chi connectivity index (χ1v) is 13.4. The van der Waals surface area contributed by atoms with Crippen molar-refractivity contribution in [3.05, 3.63) is 117 Å². The van der Waals surface area contributed by atoms with Crippen LogP contribution in [0.1, 0.15) is 93.6 Å². The van der Waals surface area contributed by atoms with E-state index in [1.807, 2.05) is 100 Å². The van der Waals surface area contributed by atoms with Crippen LogP contribution in [-0.4, -0.2) is 35.6 Å². The summed E-state index contributed by atoms with van der Waals surface area (Å²) in [6.45, 7) is 7.91. The zero-order valence-electron chi connectivity index (χ0n) is 23.4. The Bertz CT molecular complexity index is 1500. The summed E-state index contributed by atoms with van der Waals surface area (Å²) in [5.74, 6) is 0.820. The summed E-state index contributed by atoms with van der Waals surface area (Å²) in [5, 5.41) is 23.1.